The fourth-order valence-electron chi connectivity index (χ4n) is 1.63. The van der Waals surface area contributed by atoms with Gasteiger partial charge in [-0.2, -0.15) is 0 Å². The van der Waals surface area contributed by atoms with Crippen LogP contribution in [0.1, 0.15) is 18.4 Å². The number of carbonyl (C=O) groups excluding carboxylic acids is 1. The number of aromatic amines is 2. The number of hydrogen-bond acceptors (Lipinski definition) is 5. The van der Waals surface area contributed by atoms with Crippen molar-refractivity contribution in [3.05, 3.63) is 43.8 Å². The van der Waals surface area contributed by atoms with E-state index < -0.39 is 17.1 Å². The SMILES string of the molecule is O=C1CCC(=Cc2c(O)[nH]c(=O)[nH]c2=O)C=C1O. The lowest BCUT2D eigenvalue weighted by atomic mass is 9.98. The molecule has 0 fully saturated rings. The third-order valence-electron chi connectivity index (χ3n) is 2.54. The van der Waals surface area contributed by atoms with Crippen molar-refractivity contribution in [2.75, 3.05) is 0 Å². The number of aromatic nitrogens is 2. The third-order valence-corrected chi connectivity index (χ3v) is 2.54. The molecule has 2 rings (SSSR count). The zero-order valence-corrected chi connectivity index (χ0v) is 9.19. The average Bonchev–Trinajstić information content (AvgIpc) is 2.28. The summed E-state index contributed by atoms with van der Waals surface area (Å²) in [4.78, 5) is 37.4. The van der Waals surface area contributed by atoms with E-state index >= 15 is 0 Å². The number of carbonyl (C=O) groups is 1. The largest absolute Gasteiger partial charge is 0.504 e. The van der Waals surface area contributed by atoms with E-state index in [1.807, 2.05) is 9.97 Å². The standard InChI is InChI=1S/C11H10N2O5/c14-7-2-1-5(4-8(7)15)3-6-9(16)12-11(18)13-10(6)17/h3-4,15H,1-2H2,(H3,12,13,16,17,18). The summed E-state index contributed by atoms with van der Waals surface area (Å²) in [7, 11) is 0. The van der Waals surface area contributed by atoms with E-state index in [1.54, 1.807) is 0 Å². The van der Waals surface area contributed by atoms with Gasteiger partial charge in [-0.25, -0.2) is 4.79 Å². The molecule has 94 valence electrons. The quantitative estimate of drug-likeness (QED) is 0.556. The van der Waals surface area contributed by atoms with Crippen molar-refractivity contribution in [3.8, 4) is 5.88 Å². The fourth-order valence-corrected chi connectivity index (χ4v) is 1.63. The summed E-state index contributed by atoms with van der Waals surface area (Å²) in [5.74, 6) is -1.30. The number of rotatable bonds is 1. The van der Waals surface area contributed by atoms with Gasteiger partial charge < -0.3 is 10.2 Å². The molecular weight excluding hydrogens is 240 g/mol. The summed E-state index contributed by atoms with van der Waals surface area (Å²) in [6.07, 6.45) is 3.03. The summed E-state index contributed by atoms with van der Waals surface area (Å²) in [5.41, 5.74) is -1.16. The Kier molecular flexibility index (Phi) is 2.88. The van der Waals surface area contributed by atoms with Crippen LogP contribution in [-0.4, -0.2) is 26.0 Å². The molecule has 0 amide bonds. The number of allylic oxidation sites excluding steroid dienone is 3. The smallest absolute Gasteiger partial charge is 0.328 e. The molecule has 0 aliphatic heterocycles. The highest BCUT2D eigenvalue weighted by molar-refractivity contribution is 5.95. The van der Waals surface area contributed by atoms with Crippen LogP contribution in [0.2, 0.25) is 0 Å². The molecule has 0 bridgehead atoms. The van der Waals surface area contributed by atoms with E-state index in [0.717, 1.165) is 0 Å². The molecule has 4 N–H and O–H groups in total. The van der Waals surface area contributed by atoms with Gasteiger partial charge in [0.15, 0.2) is 11.5 Å². The minimum absolute atomic E-state index is 0.122. The number of ketones is 1. The molecule has 7 nitrogen and oxygen atoms in total. The van der Waals surface area contributed by atoms with Crippen LogP contribution >= 0.6 is 0 Å². The van der Waals surface area contributed by atoms with Gasteiger partial charge in [-0.15, -0.1) is 0 Å². The fraction of sp³-hybridized carbons (Fsp3) is 0.182. The van der Waals surface area contributed by atoms with Crippen LogP contribution in [0.3, 0.4) is 0 Å². The molecule has 1 aliphatic rings. The Balaban J connectivity index is 2.50. The summed E-state index contributed by atoms with van der Waals surface area (Å²) < 4.78 is 0. The Morgan fingerprint density at radius 3 is 2.44 bits per heavy atom. The molecule has 1 heterocycles. The minimum Gasteiger partial charge on any atom is -0.504 e. The Morgan fingerprint density at radius 2 is 1.83 bits per heavy atom. The van der Waals surface area contributed by atoms with Crippen molar-refractivity contribution in [2.24, 2.45) is 0 Å². The Bertz CT molecular complexity index is 677. The number of aromatic hydroxyl groups is 1. The third kappa shape index (κ3) is 2.24. The van der Waals surface area contributed by atoms with Gasteiger partial charge in [0.05, 0.1) is 0 Å². The topological polar surface area (TPSA) is 123 Å². The predicted octanol–water partition coefficient (Wildman–Crippen LogP) is -0.0430. The van der Waals surface area contributed by atoms with Crippen LogP contribution in [0.5, 0.6) is 5.88 Å². The van der Waals surface area contributed by atoms with Crippen LogP contribution in [0.15, 0.2) is 27.0 Å². The number of aliphatic hydroxyl groups is 1. The second-order valence-corrected chi connectivity index (χ2v) is 3.84. The van der Waals surface area contributed by atoms with Gasteiger partial charge in [-0.1, -0.05) is 0 Å². The van der Waals surface area contributed by atoms with Crippen LogP contribution in [0.4, 0.5) is 0 Å². The van der Waals surface area contributed by atoms with E-state index in [2.05, 4.69) is 0 Å². The maximum Gasteiger partial charge on any atom is 0.328 e. The molecule has 0 radical (unpaired) electrons. The zero-order chi connectivity index (χ0) is 13.3. The molecule has 18 heavy (non-hydrogen) atoms. The molecule has 1 aromatic rings. The molecular formula is C11H10N2O5. The zero-order valence-electron chi connectivity index (χ0n) is 9.19. The van der Waals surface area contributed by atoms with Crippen molar-refractivity contribution in [1.82, 2.24) is 9.97 Å². The van der Waals surface area contributed by atoms with Crippen molar-refractivity contribution >= 4 is 11.9 Å². The highest BCUT2D eigenvalue weighted by Crippen LogP contribution is 2.21. The summed E-state index contributed by atoms with van der Waals surface area (Å²) >= 11 is 0. The van der Waals surface area contributed by atoms with E-state index in [-0.39, 0.29) is 23.5 Å². The number of H-pyrrole nitrogens is 2. The molecule has 0 saturated carbocycles. The monoisotopic (exact) mass is 250 g/mol. The number of aliphatic hydroxyl groups excluding tert-OH is 1. The van der Waals surface area contributed by atoms with Gasteiger partial charge in [0.25, 0.3) is 5.56 Å². The molecule has 0 saturated heterocycles. The number of hydrogen-bond donors (Lipinski definition) is 4. The molecule has 0 aromatic carbocycles. The van der Waals surface area contributed by atoms with Crippen LogP contribution < -0.4 is 11.2 Å². The molecule has 7 heteroatoms. The van der Waals surface area contributed by atoms with Crippen molar-refractivity contribution in [3.63, 3.8) is 0 Å². The Morgan fingerprint density at radius 1 is 1.11 bits per heavy atom. The second kappa shape index (κ2) is 4.36. The minimum atomic E-state index is -0.808. The summed E-state index contributed by atoms with van der Waals surface area (Å²) in [5, 5.41) is 18.7. The molecule has 0 atom stereocenters. The molecule has 1 aromatic heterocycles. The van der Waals surface area contributed by atoms with Gasteiger partial charge >= 0.3 is 5.69 Å². The van der Waals surface area contributed by atoms with Gasteiger partial charge in [-0.05, 0) is 24.1 Å². The highest BCUT2D eigenvalue weighted by atomic mass is 16.3. The van der Waals surface area contributed by atoms with Crippen LogP contribution in [0, 0.1) is 0 Å². The van der Waals surface area contributed by atoms with Crippen LogP contribution in [-0.2, 0) is 4.79 Å². The molecule has 1 aliphatic carbocycles. The van der Waals surface area contributed by atoms with E-state index in [9.17, 15) is 24.6 Å². The lowest BCUT2D eigenvalue weighted by Gasteiger charge is -2.09. The van der Waals surface area contributed by atoms with Crippen LogP contribution in [0.25, 0.3) is 6.08 Å². The number of Topliss-reactive ketones (excluding diaryl/α,β-unsaturated/α-hetero) is 1. The molecule has 0 spiro atoms. The first-order valence-corrected chi connectivity index (χ1v) is 5.17. The normalized spacial score (nSPS) is 17.9. The van der Waals surface area contributed by atoms with Crippen molar-refractivity contribution in [1.29, 1.82) is 0 Å². The van der Waals surface area contributed by atoms with Crippen molar-refractivity contribution in [2.45, 2.75) is 12.8 Å². The first-order chi connectivity index (χ1) is 8.47. The predicted molar refractivity (Wildman–Crippen MR) is 62.3 cm³/mol. The van der Waals surface area contributed by atoms with Gasteiger partial charge in [-0.3, -0.25) is 19.6 Å². The van der Waals surface area contributed by atoms with Crippen molar-refractivity contribution < 1.29 is 15.0 Å². The lowest BCUT2D eigenvalue weighted by molar-refractivity contribution is -0.118. The first-order valence-electron chi connectivity index (χ1n) is 5.17. The maximum atomic E-state index is 11.5. The highest BCUT2D eigenvalue weighted by Gasteiger charge is 2.16. The summed E-state index contributed by atoms with van der Waals surface area (Å²) in [6, 6.07) is 0. The van der Waals surface area contributed by atoms with E-state index in [1.165, 1.54) is 12.2 Å². The number of nitrogens with one attached hydrogen (secondary N) is 2. The van der Waals surface area contributed by atoms with Gasteiger partial charge in [0.2, 0.25) is 5.88 Å². The Hall–Kier alpha value is -2.57. The van der Waals surface area contributed by atoms with E-state index in [4.69, 9.17) is 0 Å². The lowest BCUT2D eigenvalue weighted by Crippen LogP contribution is -2.23. The first kappa shape index (κ1) is 11.9. The second-order valence-electron chi connectivity index (χ2n) is 3.84. The van der Waals surface area contributed by atoms with Gasteiger partial charge in [0, 0.05) is 6.42 Å². The van der Waals surface area contributed by atoms with Gasteiger partial charge in [0.1, 0.15) is 5.56 Å². The summed E-state index contributed by atoms with van der Waals surface area (Å²) in [6.45, 7) is 0. The Labute approximate surface area is 100 Å². The average molecular weight is 250 g/mol. The van der Waals surface area contributed by atoms with E-state index in [0.29, 0.717) is 12.0 Å². The molecule has 0 unspecified atom stereocenters. The maximum absolute atomic E-state index is 11.5.